The molecule has 0 aliphatic heterocycles. The Bertz CT molecular complexity index is 431. The average molecular weight is 221 g/mol. The molecule has 3 N–H and O–H groups in total. The van der Waals surface area contributed by atoms with E-state index in [1.807, 2.05) is 25.3 Å². The predicted octanol–water partition coefficient (Wildman–Crippen LogP) is 2.51. The molecular weight excluding hydrogens is 206 g/mol. The van der Waals surface area contributed by atoms with Gasteiger partial charge >= 0.3 is 0 Å². The molecule has 0 amide bonds. The molecule has 1 unspecified atom stereocenters. The van der Waals surface area contributed by atoms with Crippen LogP contribution in [0.3, 0.4) is 0 Å². The number of hydrogen-bond acceptors (Lipinski definition) is 3. The summed E-state index contributed by atoms with van der Waals surface area (Å²) < 4.78 is 0. The highest BCUT2D eigenvalue weighted by Gasteiger charge is 2.14. The zero-order valence-electron chi connectivity index (χ0n) is 8.95. The van der Waals surface area contributed by atoms with Crippen LogP contribution in [0.15, 0.2) is 18.3 Å². The van der Waals surface area contributed by atoms with Crippen molar-refractivity contribution >= 4 is 11.3 Å². The first-order chi connectivity index (χ1) is 7.22. The number of H-pyrrole nitrogens is 1. The molecule has 15 heavy (non-hydrogen) atoms. The number of nitrogens with zero attached hydrogens (tertiary/aromatic N) is 1. The minimum Gasteiger partial charge on any atom is -0.359 e. The monoisotopic (exact) mass is 221 g/mol. The summed E-state index contributed by atoms with van der Waals surface area (Å²) in [4.78, 5) is 9.02. The lowest BCUT2D eigenvalue weighted by Crippen LogP contribution is -2.08. The highest BCUT2D eigenvalue weighted by Crippen LogP contribution is 2.31. The van der Waals surface area contributed by atoms with Gasteiger partial charge in [-0.15, -0.1) is 11.3 Å². The average Bonchev–Trinajstić information content (AvgIpc) is 2.84. The van der Waals surface area contributed by atoms with E-state index < -0.39 is 0 Å². The summed E-state index contributed by atoms with van der Waals surface area (Å²) in [7, 11) is 0. The Hall–Kier alpha value is -1.13. The van der Waals surface area contributed by atoms with E-state index in [2.05, 4.69) is 16.9 Å². The molecule has 0 radical (unpaired) electrons. The third kappa shape index (κ3) is 1.96. The second-order valence-corrected chi connectivity index (χ2v) is 4.72. The van der Waals surface area contributed by atoms with Crippen LogP contribution in [0.4, 0.5) is 0 Å². The van der Waals surface area contributed by atoms with E-state index in [0.717, 1.165) is 16.4 Å². The van der Waals surface area contributed by atoms with Gasteiger partial charge in [-0.1, -0.05) is 6.92 Å². The van der Waals surface area contributed by atoms with Crippen LogP contribution in [0, 0.1) is 6.92 Å². The second kappa shape index (κ2) is 4.16. The highest BCUT2D eigenvalue weighted by atomic mass is 32.1. The van der Waals surface area contributed by atoms with E-state index >= 15 is 0 Å². The van der Waals surface area contributed by atoms with E-state index in [0.29, 0.717) is 12.5 Å². The van der Waals surface area contributed by atoms with Crippen molar-refractivity contribution in [2.45, 2.75) is 19.8 Å². The summed E-state index contributed by atoms with van der Waals surface area (Å²) in [5.74, 6) is 0.395. The Morgan fingerprint density at radius 3 is 3.00 bits per heavy atom. The summed E-state index contributed by atoms with van der Waals surface area (Å²) in [6, 6.07) is 4.02. The van der Waals surface area contributed by atoms with E-state index in [9.17, 15) is 0 Å². The number of aromatic amines is 1. The van der Waals surface area contributed by atoms with E-state index in [1.54, 1.807) is 11.3 Å². The molecule has 80 valence electrons. The topological polar surface area (TPSA) is 54.7 Å². The molecule has 0 saturated heterocycles. The van der Waals surface area contributed by atoms with E-state index in [1.165, 1.54) is 4.88 Å². The van der Waals surface area contributed by atoms with Crippen LogP contribution in [0.5, 0.6) is 0 Å². The predicted molar refractivity (Wildman–Crippen MR) is 64.1 cm³/mol. The number of nitrogens with one attached hydrogen (secondary N) is 1. The number of nitrogens with two attached hydrogens (primary N) is 1. The van der Waals surface area contributed by atoms with E-state index in [4.69, 9.17) is 5.73 Å². The van der Waals surface area contributed by atoms with Gasteiger partial charge in [-0.25, -0.2) is 4.98 Å². The van der Waals surface area contributed by atoms with Crippen molar-refractivity contribution in [3.63, 3.8) is 0 Å². The number of aromatic nitrogens is 2. The summed E-state index contributed by atoms with van der Waals surface area (Å²) in [5.41, 5.74) is 7.85. The van der Waals surface area contributed by atoms with Gasteiger partial charge in [0.05, 0.1) is 11.4 Å². The lowest BCUT2D eigenvalue weighted by Gasteiger charge is -2.04. The smallest absolute Gasteiger partial charge is 0.140 e. The van der Waals surface area contributed by atoms with Gasteiger partial charge in [0, 0.05) is 17.0 Å². The SMILES string of the molecule is Cc1nc(-c2ccc[nH]2)sc1C(C)CN. The Morgan fingerprint density at radius 2 is 2.40 bits per heavy atom. The summed E-state index contributed by atoms with van der Waals surface area (Å²) in [6.45, 7) is 4.86. The molecule has 2 heterocycles. The molecule has 2 aromatic heterocycles. The molecule has 2 aromatic rings. The van der Waals surface area contributed by atoms with Crippen LogP contribution in [0.2, 0.25) is 0 Å². The minimum absolute atomic E-state index is 0.395. The molecule has 0 saturated carbocycles. The molecule has 0 spiro atoms. The van der Waals surface area contributed by atoms with Crippen LogP contribution in [-0.4, -0.2) is 16.5 Å². The first-order valence-electron chi connectivity index (χ1n) is 5.03. The van der Waals surface area contributed by atoms with Crippen LogP contribution >= 0.6 is 11.3 Å². The minimum atomic E-state index is 0.395. The fourth-order valence-electron chi connectivity index (χ4n) is 1.55. The maximum Gasteiger partial charge on any atom is 0.140 e. The number of aryl methyl sites for hydroxylation is 1. The van der Waals surface area contributed by atoms with E-state index in [-0.39, 0.29) is 0 Å². The highest BCUT2D eigenvalue weighted by molar-refractivity contribution is 7.15. The Morgan fingerprint density at radius 1 is 1.60 bits per heavy atom. The normalized spacial score (nSPS) is 13.0. The van der Waals surface area contributed by atoms with Gasteiger partial charge in [0.25, 0.3) is 0 Å². The van der Waals surface area contributed by atoms with Crippen LogP contribution < -0.4 is 5.73 Å². The zero-order valence-corrected chi connectivity index (χ0v) is 9.77. The van der Waals surface area contributed by atoms with Gasteiger partial charge in [0.2, 0.25) is 0 Å². The molecule has 0 fully saturated rings. The molecule has 0 bridgehead atoms. The van der Waals surface area contributed by atoms with Gasteiger partial charge < -0.3 is 10.7 Å². The van der Waals surface area contributed by atoms with Gasteiger partial charge in [0.1, 0.15) is 5.01 Å². The van der Waals surface area contributed by atoms with Gasteiger partial charge in [-0.2, -0.15) is 0 Å². The molecular formula is C11H15N3S. The molecule has 1 atom stereocenters. The standard InChI is InChI=1S/C11H15N3S/c1-7(6-12)10-8(2)14-11(15-10)9-4-3-5-13-9/h3-5,7,13H,6,12H2,1-2H3. The van der Waals surface area contributed by atoms with Crippen LogP contribution in [0.25, 0.3) is 10.7 Å². The molecule has 4 heteroatoms. The van der Waals surface area contributed by atoms with Gasteiger partial charge in [0.15, 0.2) is 0 Å². The zero-order chi connectivity index (χ0) is 10.8. The molecule has 2 rings (SSSR count). The second-order valence-electron chi connectivity index (χ2n) is 3.69. The van der Waals surface area contributed by atoms with Crippen molar-refractivity contribution in [1.29, 1.82) is 0 Å². The van der Waals surface area contributed by atoms with Crippen molar-refractivity contribution in [2.75, 3.05) is 6.54 Å². The van der Waals surface area contributed by atoms with Crippen LogP contribution in [-0.2, 0) is 0 Å². The number of hydrogen-bond donors (Lipinski definition) is 2. The van der Waals surface area contributed by atoms with Crippen molar-refractivity contribution < 1.29 is 0 Å². The molecule has 3 nitrogen and oxygen atoms in total. The van der Waals surface area contributed by atoms with Crippen molar-refractivity contribution in [3.8, 4) is 10.7 Å². The third-order valence-corrected chi connectivity index (χ3v) is 3.88. The Labute approximate surface area is 93.4 Å². The Balaban J connectivity index is 2.37. The lowest BCUT2D eigenvalue weighted by atomic mass is 10.1. The van der Waals surface area contributed by atoms with Crippen LogP contribution in [0.1, 0.15) is 23.4 Å². The quantitative estimate of drug-likeness (QED) is 0.836. The third-order valence-electron chi connectivity index (χ3n) is 2.46. The summed E-state index contributed by atoms with van der Waals surface area (Å²) in [5, 5.41) is 1.05. The Kier molecular flexibility index (Phi) is 2.88. The van der Waals surface area contributed by atoms with Gasteiger partial charge in [-0.3, -0.25) is 0 Å². The summed E-state index contributed by atoms with van der Waals surface area (Å²) >= 11 is 1.73. The molecule has 0 aromatic carbocycles. The maximum absolute atomic E-state index is 5.67. The summed E-state index contributed by atoms with van der Waals surface area (Å²) in [6.07, 6.45) is 1.91. The molecule has 0 aliphatic rings. The lowest BCUT2D eigenvalue weighted by molar-refractivity contribution is 0.780. The van der Waals surface area contributed by atoms with Crippen molar-refractivity contribution in [2.24, 2.45) is 5.73 Å². The maximum atomic E-state index is 5.67. The number of thiazole rings is 1. The van der Waals surface area contributed by atoms with Crippen molar-refractivity contribution in [1.82, 2.24) is 9.97 Å². The number of rotatable bonds is 3. The molecule has 0 aliphatic carbocycles. The first kappa shape index (κ1) is 10.4. The van der Waals surface area contributed by atoms with Crippen molar-refractivity contribution in [3.05, 3.63) is 28.9 Å². The van der Waals surface area contributed by atoms with Gasteiger partial charge in [-0.05, 0) is 25.6 Å². The largest absolute Gasteiger partial charge is 0.359 e. The first-order valence-corrected chi connectivity index (χ1v) is 5.85. The fraction of sp³-hybridized carbons (Fsp3) is 0.364. The fourth-order valence-corrected chi connectivity index (χ4v) is 2.67.